The van der Waals surface area contributed by atoms with Gasteiger partial charge in [-0.15, -0.1) is 0 Å². The molecule has 1 amide bonds. The lowest BCUT2D eigenvalue weighted by molar-refractivity contribution is -0.123. The van der Waals surface area contributed by atoms with Gasteiger partial charge in [-0.05, 0) is 24.6 Å². The van der Waals surface area contributed by atoms with Crippen LogP contribution in [0.4, 0.5) is 0 Å². The maximum Gasteiger partial charge on any atom is 0.347 e. The minimum Gasteiger partial charge on any atom is -0.484 e. The second-order valence-electron chi connectivity index (χ2n) is 4.50. The fraction of sp³-hybridized carbons (Fsp3) is 0.267. The van der Waals surface area contributed by atoms with Crippen molar-refractivity contribution in [3.63, 3.8) is 0 Å². The second kappa shape index (κ2) is 7.23. The van der Waals surface area contributed by atoms with Crippen LogP contribution in [0.25, 0.3) is 0 Å². The Kier molecular flexibility index (Phi) is 5.09. The van der Waals surface area contributed by atoms with Crippen LogP contribution in [0.15, 0.2) is 47.5 Å². The van der Waals surface area contributed by atoms with Gasteiger partial charge in [-0.3, -0.25) is 9.36 Å². The Hall–Kier alpha value is -2.63. The number of para-hydroxylation sites is 1. The summed E-state index contributed by atoms with van der Waals surface area (Å²) in [6.45, 7) is 2.60. The molecule has 1 N–H and O–H groups in total. The molecule has 0 unspecified atom stereocenters. The van der Waals surface area contributed by atoms with Gasteiger partial charge in [0.2, 0.25) is 0 Å². The highest BCUT2D eigenvalue weighted by atomic mass is 16.5. The molecule has 1 aromatic carbocycles. The summed E-state index contributed by atoms with van der Waals surface area (Å²) in [7, 11) is 0. The van der Waals surface area contributed by atoms with Crippen molar-refractivity contribution >= 4 is 5.91 Å². The summed E-state index contributed by atoms with van der Waals surface area (Å²) in [6.07, 6.45) is 3.07. The number of carbonyl (C=O) groups excluding carboxylic acids is 1. The number of nitrogens with zero attached hydrogens (tertiary/aromatic N) is 2. The fourth-order valence-electron chi connectivity index (χ4n) is 1.79. The Balaban J connectivity index is 1.74. The van der Waals surface area contributed by atoms with Gasteiger partial charge < -0.3 is 10.1 Å². The summed E-state index contributed by atoms with van der Waals surface area (Å²) in [5, 5.41) is 2.70. The number of amides is 1. The molecule has 0 fully saturated rings. The first-order valence-electron chi connectivity index (χ1n) is 6.63. The van der Waals surface area contributed by atoms with Gasteiger partial charge in [0, 0.05) is 25.5 Å². The third-order valence-electron chi connectivity index (χ3n) is 2.91. The molecule has 0 saturated carbocycles. The van der Waals surface area contributed by atoms with Crippen LogP contribution in [0.1, 0.15) is 5.56 Å². The van der Waals surface area contributed by atoms with Crippen molar-refractivity contribution in [2.24, 2.45) is 0 Å². The molecule has 0 atom stereocenters. The van der Waals surface area contributed by atoms with Crippen LogP contribution in [0.3, 0.4) is 0 Å². The zero-order valence-electron chi connectivity index (χ0n) is 11.8. The Bertz CT molecular complexity index is 667. The predicted molar refractivity (Wildman–Crippen MR) is 78.2 cm³/mol. The van der Waals surface area contributed by atoms with Gasteiger partial charge in [-0.25, -0.2) is 9.78 Å². The largest absolute Gasteiger partial charge is 0.484 e. The van der Waals surface area contributed by atoms with Gasteiger partial charge in [0.25, 0.3) is 5.91 Å². The molecule has 21 heavy (non-hydrogen) atoms. The van der Waals surface area contributed by atoms with E-state index in [-0.39, 0.29) is 18.2 Å². The molecule has 6 nitrogen and oxygen atoms in total. The molecule has 0 saturated heterocycles. The monoisotopic (exact) mass is 287 g/mol. The molecule has 0 aliphatic heterocycles. The Morgan fingerprint density at radius 1 is 1.33 bits per heavy atom. The van der Waals surface area contributed by atoms with Crippen LogP contribution < -0.4 is 15.7 Å². The van der Waals surface area contributed by atoms with Crippen LogP contribution in [0.5, 0.6) is 5.75 Å². The van der Waals surface area contributed by atoms with Gasteiger partial charge in [0.1, 0.15) is 5.75 Å². The number of carbonyl (C=O) groups is 1. The third-order valence-corrected chi connectivity index (χ3v) is 2.91. The van der Waals surface area contributed by atoms with Crippen molar-refractivity contribution in [3.05, 3.63) is 58.8 Å². The number of aryl methyl sites for hydroxylation is 1. The van der Waals surface area contributed by atoms with Crippen LogP contribution in [0.2, 0.25) is 0 Å². The number of rotatable bonds is 6. The van der Waals surface area contributed by atoms with Crippen molar-refractivity contribution in [2.45, 2.75) is 13.5 Å². The molecule has 1 heterocycles. The van der Waals surface area contributed by atoms with E-state index in [1.54, 1.807) is 12.3 Å². The summed E-state index contributed by atoms with van der Waals surface area (Å²) in [5.41, 5.74) is 0.648. The predicted octanol–water partition coefficient (Wildman–Crippen LogP) is 0.747. The minimum absolute atomic E-state index is 0.0488. The summed E-state index contributed by atoms with van der Waals surface area (Å²) >= 11 is 0. The normalized spacial score (nSPS) is 10.1. The van der Waals surface area contributed by atoms with E-state index in [4.69, 9.17) is 4.74 Å². The summed E-state index contributed by atoms with van der Waals surface area (Å²) in [4.78, 5) is 26.7. The quantitative estimate of drug-likeness (QED) is 0.851. The Labute approximate surface area is 122 Å². The second-order valence-corrected chi connectivity index (χ2v) is 4.50. The average molecular weight is 287 g/mol. The van der Waals surface area contributed by atoms with E-state index in [0.29, 0.717) is 18.8 Å². The fourth-order valence-corrected chi connectivity index (χ4v) is 1.79. The molecule has 110 valence electrons. The lowest BCUT2D eigenvalue weighted by Crippen LogP contribution is -2.34. The summed E-state index contributed by atoms with van der Waals surface area (Å²) in [5.74, 6) is 0.464. The average Bonchev–Trinajstić information content (AvgIpc) is 2.48. The van der Waals surface area contributed by atoms with E-state index in [0.717, 1.165) is 5.56 Å². The molecule has 6 heteroatoms. The molecule has 2 aromatic rings. The number of hydrogen-bond donors (Lipinski definition) is 1. The first-order chi connectivity index (χ1) is 10.2. The third kappa shape index (κ3) is 4.45. The highest BCUT2D eigenvalue weighted by molar-refractivity contribution is 5.77. The molecule has 0 aliphatic rings. The SMILES string of the molecule is Cc1ccccc1OCC(=O)NCCn1cccnc1=O. The van der Waals surface area contributed by atoms with Crippen molar-refractivity contribution < 1.29 is 9.53 Å². The van der Waals surface area contributed by atoms with E-state index < -0.39 is 0 Å². The number of benzene rings is 1. The lowest BCUT2D eigenvalue weighted by atomic mass is 10.2. The molecule has 0 spiro atoms. The van der Waals surface area contributed by atoms with E-state index in [2.05, 4.69) is 10.3 Å². The zero-order valence-corrected chi connectivity index (χ0v) is 11.8. The van der Waals surface area contributed by atoms with E-state index in [9.17, 15) is 9.59 Å². The first-order valence-corrected chi connectivity index (χ1v) is 6.63. The van der Waals surface area contributed by atoms with E-state index >= 15 is 0 Å². The van der Waals surface area contributed by atoms with Crippen molar-refractivity contribution in [1.29, 1.82) is 0 Å². The van der Waals surface area contributed by atoms with Gasteiger partial charge in [-0.2, -0.15) is 0 Å². The van der Waals surface area contributed by atoms with Crippen LogP contribution >= 0.6 is 0 Å². The van der Waals surface area contributed by atoms with Gasteiger partial charge in [0.15, 0.2) is 6.61 Å². The molecule has 0 aliphatic carbocycles. The smallest absolute Gasteiger partial charge is 0.347 e. The van der Waals surface area contributed by atoms with E-state index in [1.165, 1.54) is 10.8 Å². The minimum atomic E-state index is -0.331. The molecule has 2 rings (SSSR count). The highest BCUT2D eigenvalue weighted by Gasteiger charge is 2.04. The number of ether oxygens (including phenoxy) is 1. The topological polar surface area (TPSA) is 73.2 Å². The van der Waals surface area contributed by atoms with Crippen LogP contribution in [-0.4, -0.2) is 28.6 Å². The molecule has 1 aromatic heterocycles. The van der Waals surface area contributed by atoms with Crippen molar-refractivity contribution in [2.75, 3.05) is 13.2 Å². The molecular formula is C15H17N3O3. The number of aromatic nitrogens is 2. The summed E-state index contributed by atoms with van der Waals surface area (Å²) in [6, 6.07) is 9.17. The zero-order chi connectivity index (χ0) is 15.1. The Morgan fingerprint density at radius 3 is 2.90 bits per heavy atom. The first kappa shape index (κ1) is 14.8. The van der Waals surface area contributed by atoms with Crippen molar-refractivity contribution in [1.82, 2.24) is 14.9 Å². The molecule has 0 radical (unpaired) electrons. The van der Waals surface area contributed by atoms with Gasteiger partial charge >= 0.3 is 5.69 Å². The van der Waals surface area contributed by atoms with E-state index in [1.807, 2.05) is 31.2 Å². The maximum absolute atomic E-state index is 11.7. The van der Waals surface area contributed by atoms with Gasteiger partial charge in [0.05, 0.1) is 0 Å². The van der Waals surface area contributed by atoms with Crippen LogP contribution in [-0.2, 0) is 11.3 Å². The Morgan fingerprint density at radius 2 is 2.14 bits per heavy atom. The number of nitrogens with one attached hydrogen (secondary N) is 1. The lowest BCUT2D eigenvalue weighted by Gasteiger charge is -2.09. The maximum atomic E-state index is 11.7. The van der Waals surface area contributed by atoms with Crippen molar-refractivity contribution in [3.8, 4) is 5.75 Å². The highest BCUT2D eigenvalue weighted by Crippen LogP contribution is 2.15. The standard InChI is InChI=1S/C15H17N3O3/c1-12-5-2-3-6-13(12)21-11-14(19)16-8-10-18-9-4-7-17-15(18)20/h2-7,9H,8,10-11H2,1H3,(H,16,19). The summed E-state index contributed by atoms with van der Waals surface area (Å²) < 4.78 is 6.87. The molecule has 0 bridgehead atoms. The van der Waals surface area contributed by atoms with Gasteiger partial charge in [-0.1, -0.05) is 18.2 Å². The van der Waals surface area contributed by atoms with Crippen LogP contribution in [0, 0.1) is 6.92 Å². The number of hydrogen-bond acceptors (Lipinski definition) is 4. The molecular weight excluding hydrogens is 270 g/mol.